The third-order valence-corrected chi connectivity index (χ3v) is 3.22. The third-order valence-electron chi connectivity index (χ3n) is 2.81. The quantitative estimate of drug-likeness (QED) is 0.406. The van der Waals surface area contributed by atoms with Gasteiger partial charge in [0.2, 0.25) is 5.91 Å². The maximum Gasteiger partial charge on any atom is 0.251 e. The summed E-state index contributed by atoms with van der Waals surface area (Å²) in [7, 11) is 1.57. The molecule has 1 heterocycles. The van der Waals surface area contributed by atoms with E-state index in [2.05, 4.69) is 26.1 Å². The molecular formula is C14H15N5O3S2. The summed E-state index contributed by atoms with van der Waals surface area (Å²) < 4.78 is 5.27. The van der Waals surface area contributed by atoms with Crippen LogP contribution in [0.5, 0.6) is 5.75 Å². The Kier molecular flexibility index (Phi) is 6.04. The molecule has 2 aromatic rings. The number of carbonyl (C=O) groups excluding carboxylic acids is 1. The third kappa shape index (κ3) is 5.48. The van der Waals surface area contributed by atoms with Crippen LogP contribution in [0.2, 0.25) is 0 Å². The summed E-state index contributed by atoms with van der Waals surface area (Å²) in [5.74, 6) is 0.289. The van der Waals surface area contributed by atoms with Gasteiger partial charge in [0.15, 0.2) is 9.88 Å². The maximum absolute atomic E-state index is 11.8. The summed E-state index contributed by atoms with van der Waals surface area (Å²) in [4.78, 5) is 28.2. The molecule has 8 nitrogen and oxygen atoms in total. The normalized spacial score (nSPS) is 9.88. The summed E-state index contributed by atoms with van der Waals surface area (Å²) in [5.41, 5.74) is 5.74. The molecule has 1 amide bonds. The van der Waals surface area contributed by atoms with Crippen molar-refractivity contribution in [2.24, 2.45) is 0 Å². The van der Waals surface area contributed by atoms with Gasteiger partial charge in [0.05, 0.1) is 13.5 Å². The van der Waals surface area contributed by atoms with Crippen LogP contribution >= 0.6 is 24.4 Å². The highest BCUT2D eigenvalue weighted by Crippen LogP contribution is 2.16. The first-order valence-electron chi connectivity index (χ1n) is 6.78. The van der Waals surface area contributed by atoms with E-state index in [0.29, 0.717) is 17.1 Å². The number of hydrazine groups is 1. The standard InChI is InChI=1S/C14H15N5O3S2/c1-22-10-4-2-3-8(5-10)15-14(24)19-18-12(21)7-9-6-11(20)17-13(23)16-9/h2-6H,7H2,1H3,(H,18,21)(H2,15,19,24)(H2,16,17,20,23). The van der Waals surface area contributed by atoms with Crippen molar-refractivity contribution in [1.82, 2.24) is 20.8 Å². The minimum Gasteiger partial charge on any atom is -0.497 e. The Bertz CT molecular complexity index is 833. The summed E-state index contributed by atoms with van der Waals surface area (Å²) in [5, 5.41) is 3.10. The largest absolute Gasteiger partial charge is 0.497 e. The van der Waals surface area contributed by atoms with Gasteiger partial charge in [-0.05, 0) is 36.6 Å². The van der Waals surface area contributed by atoms with E-state index in [1.165, 1.54) is 6.07 Å². The predicted molar refractivity (Wildman–Crippen MR) is 96.4 cm³/mol. The molecule has 0 aliphatic carbocycles. The zero-order valence-electron chi connectivity index (χ0n) is 12.6. The van der Waals surface area contributed by atoms with E-state index in [0.717, 1.165) is 0 Å². The minimum absolute atomic E-state index is 0.0532. The maximum atomic E-state index is 11.8. The molecule has 0 atom stereocenters. The van der Waals surface area contributed by atoms with Crippen molar-refractivity contribution in [3.05, 3.63) is 51.2 Å². The zero-order valence-corrected chi connectivity index (χ0v) is 14.3. The molecule has 0 spiro atoms. The van der Waals surface area contributed by atoms with Crippen molar-refractivity contribution >= 4 is 41.1 Å². The Balaban J connectivity index is 1.85. The molecule has 0 saturated carbocycles. The SMILES string of the molecule is COc1cccc(NC(=S)NNC(=O)Cc2cc(=O)[nH]c(=S)[nH]2)c1. The van der Waals surface area contributed by atoms with Crippen molar-refractivity contribution < 1.29 is 9.53 Å². The number of thiocarbonyl (C=S) groups is 1. The van der Waals surface area contributed by atoms with Crippen LogP contribution in [0.15, 0.2) is 35.1 Å². The lowest BCUT2D eigenvalue weighted by Crippen LogP contribution is -2.44. The second-order valence-electron chi connectivity index (χ2n) is 4.65. The van der Waals surface area contributed by atoms with Crippen LogP contribution in [0.3, 0.4) is 0 Å². The number of hydrogen-bond donors (Lipinski definition) is 5. The van der Waals surface area contributed by atoms with Crippen molar-refractivity contribution in [3.63, 3.8) is 0 Å². The number of nitrogens with one attached hydrogen (secondary N) is 5. The predicted octanol–water partition coefficient (Wildman–Crippen LogP) is 1.00. The summed E-state index contributed by atoms with van der Waals surface area (Å²) in [6.07, 6.45) is -0.0532. The number of hydrogen-bond acceptors (Lipinski definition) is 5. The first kappa shape index (κ1) is 17.6. The molecule has 1 aromatic heterocycles. The minimum atomic E-state index is -0.388. The lowest BCUT2D eigenvalue weighted by atomic mass is 10.3. The Morgan fingerprint density at radius 1 is 1.25 bits per heavy atom. The van der Waals surface area contributed by atoms with E-state index < -0.39 is 0 Å². The Labute approximate surface area is 147 Å². The summed E-state index contributed by atoms with van der Waals surface area (Å²) in [6.45, 7) is 0. The van der Waals surface area contributed by atoms with E-state index in [4.69, 9.17) is 29.2 Å². The molecule has 0 unspecified atom stereocenters. The molecule has 0 aliphatic heterocycles. The molecule has 0 fully saturated rings. The molecule has 1 aromatic carbocycles. The summed E-state index contributed by atoms with van der Waals surface area (Å²) in [6, 6.07) is 8.43. The fraction of sp³-hybridized carbons (Fsp3) is 0.143. The highest BCUT2D eigenvalue weighted by atomic mass is 32.1. The molecule has 0 radical (unpaired) electrons. The van der Waals surface area contributed by atoms with Gasteiger partial charge in [-0.3, -0.25) is 25.4 Å². The molecule has 0 saturated heterocycles. The summed E-state index contributed by atoms with van der Waals surface area (Å²) >= 11 is 9.92. The number of anilines is 1. The molecule has 0 aliphatic rings. The number of amides is 1. The number of aromatic amines is 2. The molecule has 5 N–H and O–H groups in total. The molecule has 10 heteroatoms. The number of H-pyrrole nitrogens is 2. The Hall–Kier alpha value is -2.72. The number of carbonyl (C=O) groups is 1. The molecule has 0 bridgehead atoms. The van der Waals surface area contributed by atoms with Crippen molar-refractivity contribution in [1.29, 1.82) is 0 Å². The number of methoxy groups -OCH3 is 1. The average Bonchev–Trinajstić information content (AvgIpc) is 2.52. The fourth-order valence-corrected chi connectivity index (χ4v) is 2.22. The van der Waals surface area contributed by atoms with Gasteiger partial charge in [-0.1, -0.05) is 6.07 Å². The van der Waals surface area contributed by atoms with Gasteiger partial charge in [-0.25, -0.2) is 0 Å². The van der Waals surface area contributed by atoms with E-state index in [1.807, 2.05) is 0 Å². The second-order valence-corrected chi connectivity index (χ2v) is 5.47. The Morgan fingerprint density at radius 2 is 2.04 bits per heavy atom. The van der Waals surface area contributed by atoms with E-state index in [-0.39, 0.29) is 27.8 Å². The van der Waals surface area contributed by atoms with Gasteiger partial charge in [-0.15, -0.1) is 0 Å². The van der Waals surface area contributed by atoms with Gasteiger partial charge >= 0.3 is 0 Å². The lowest BCUT2D eigenvalue weighted by molar-refractivity contribution is -0.121. The molecule has 24 heavy (non-hydrogen) atoms. The zero-order chi connectivity index (χ0) is 17.5. The highest BCUT2D eigenvalue weighted by Gasteiger charge is 2.06. The van der Waals surface area contributed by atoms with Gasteiger partial charge in [0.1, 0.15) is 5.75 Å². The smallest absolute Gasteiger partial charge is 0.251 e. The van der Waals surface area contributed by atoms with Crippen LogP contribution in [0.1, 0.15) is 5.69 Å². The van der Waals surface area contributed by atoms with Crippen LogP contribution in [-0.2, 0) is 11.2 Å². The lowest BCUT2D eigenvalue weighted by Gasteiger charge is -2.12. The van der Waals surface area contributed by atoms with Crippen molar-refractivity contribution in [2.45, 2.75) is 6.42 Å². The van der Waals surface area contributed by atoms with Gasteiger partial charge in [0.25, 0.3) is 5.56 Å². The van der Waals surface area contributed by atoms with Crippen LogP contribution in [0.4, 0.5) is 5.69 Å². The fourth-order valence-electron chi connectivity index (χ4n) is 1.82. The number of benzene rings is 1. The average molecular weight is 365 g/mol. The van der Waals surface area contributed by atoms with Crippen molar-refractivity contribution in [3.8, 4) is 5.75 Å². The van der Waals surface area contributed by atoms with E-state index in [1.54, 1.807) is 31.4 Å². The van der Waals surface area contributed by atoms with Crippen LogP contribution in [0, 0.1) is 4.77 Å². The van der Waals surface area contributed by atoms with Gasteiger partial charge < -0.3 is 15.0 Å². The number of aromatic nitrogens is 2. The van der Waals surface area contributed by atoms with Crippen LogP contribution < -0.4 is 26.5 Å². The molecular weight excluding hydrogens is 350 g/mol. The number of ether oxygens (including phenoxy) is 1. The van der Waals surface area contributed by atoms with Gasteiger partial charge in [0, 0.05) is 23.5 Å². The Morgan fingerprint density at radius 3 is 2.75 bits per heavy atom. The first-order chi connectivity index (χ1) is 11.5. The topological polar surface area (TPSA) is 111 Å². The highest BCUT2D eigenvalue weighted by molar-refractivity contribution is 7.80. The first-order valence-corrected chi connectivity index (χ1v) is 7.60. The molecule has 126 valence electrons. The second kappa shape index (κ2) is 8.22. The van der Waals surface area contributed by atoms with Crippen LogP contribution in [-0.4, -0.2) is 28.1 Å². The van der Waals surface area contributed by atoms with Crippen LogP contribution in [0.25, 0.3) is 0 Å². The van der Waals surface area contributed by atoms with E-state index in [9.17, 15) is 9.59 Å². The number of rotatable bonds is 4. The van der Waals surface area contributed by atoms with Gasteiger partial charge in [-0.2, -0.15) is 0 Å². The molecule has 2 rings (SSSR count). The monoisotopic (exact) mass is 365 g/mol. The van der Waals surface area contributed by atoms with E-state index >= 15 is 0 Å². The van der Waals surface area contributed by atoms with Crippen molar-refractivity contribution in [2.75, 3.05) is 12.4 Å².